The highest BCUT2D eigenvalue weighted by atomic mass is 32.1. The van der Waals surface area contributed by atoms with E-state index in [2.05, 4.69) is 15.6 Å². The molecule has 0 radical (unpaired) electrons. The van der Waals surface area contributed by atoms with Crippen LogP contribution in [0, 0.1) is 10.1 Å². The van der Waals surface area contributed by atoms with Gasteiger partial charge in [-0.25, -0.2) is 0 Å². The molecule has 2 aromatic carbocycles. The van der Waals surface area contributed by atoms with E-state index in [4.69, 9.17) is 12.2 Å². The first-order valence-corrected chi connectivity index (χ1v) is 7.34. The predicted octanol–water partition coefficient (Wildman–Crippen LogP) is 3.66. The zero-order valence-electron chi connectivity index (χ0n) is 12.3. The Morgan fingerprint density at radius 2 is 1.88 bits per heavy atom. The van der Waals surface area contributed by atoms with Crippen LogP contribution in [-0.4, -0.2) is 20.1 Å². The summed E-state index contributed by atoms with van der Waals surface area (Å²) in [6, 6.07) is 12.7. The molecular formula is C16H12N4O3S. The van der Waals surface area contributed by atoms with Crippen molar-refractivity contribution in [3.05, 3.63) is 64.8 Å². The predicted molar refractivity (Wildman–Crippen MR) is 96.3 cm³/mol. The number of anilines is 2. The molecule has 1 aromatic heterocycles. The Hall–Kier alpha value is -3.26. The molecule has 0 saturated heterocycles. The van der Waals surface area contributed by atoms with E-state index in [-0.39, 0.29) is 11.4 Å². The van der Waals surface area contributed by atoms with Crippen molar-refractivity contribution >= 4 is 45.3 Å². The molecule has 0 bridgehead atoms. The zero-order valence-corrected chi connectivity index (χ0v) is 13.1. The van der Waals surface area contributed by atoms with Crippen LogP contribution in [0.1, 0.15) is 0 Å². The largest absolute Gasteiger partial charge is 0.506 e. The van der Waals surface area contributed by atoms with Crippen LogP contribution in [0.15, 0.2) is 54.7 Å². The first-order valence-electron chi connectivity index (χ1n) is 6.94. The number of nitro benzene ring substituents is 1. The number of pyridine rings is 1. The summed E-state index contributed by atoms with van der Waals surface area (Å²) >= 11 is 5.26. The van der Waals surface area contributed by atoms with Crippen LogP contribution >= 0.6 is 12.2 Å². The summed E-state index contributed by atoms with van der Waals surface area (Å²) in [5.74, 6) is 0.0883. The minimum absolute atomic E-state index is 0.00929. The summed E-state index contributed by atoms with van der Waals surface area (Å²) in [5.41, 5.74) is 1.80. The minimum Gasteiger partial charge on any atom is -0.506 e. The molecule has 3 rings (SSSR count). The van der Waals surface area contributed by atoms with Crippen LogP contribution in [0.4, 0.5) is 17.1 Å². The van der Waals surface area contributed by atoms with Crippen molar-refractivity contribution in [2.24, 2.45) is 0 Å². The summed E-state index contributed by atoms with van der Waals surface area (Å²) in [6.07, 6.45) is 1.60. The summed E-state index contributed by atoms with van der Waals surface area (Å²) in [6.45, 7) is 0. The number of aromatic nitrogens is 1. The number of hydrogen-bond donors (Lipinski definition) is 3. The number of phenols is 1. The van der Waals surface area contributed by atoms with Crippen LogP contribution in [0.5, 0.6) is 5.75 Å². The van der Waals surface area contributed by atoms with Crippen molar-refractivity contribution in [1.82, 2.24) is 4.98 Å². The van der Waals surface area contributed by atoms with Crippen molar-refractivity contribution in [1.29, 1.82) is 0 Å². The molecule has 8 heteroatoms. The molecule has 7 nitrogen and oxygen atoms in total. The van der Waals surface area contributed by atoms with E-state index in [1.165, 1.54) is 18.2 Å². The molecule has 24 heavy (non-hydrogen) atoms. The quantitative estimate of drug-likeness (QED) is 0.289. The average Bonchev–Trinajstić information content (AvgIpc) is 2.58. The monoisotopic (exact) mass is 340 g/mol. The lowest BCUT2D eigenvalue weighted by atomic mass is 10.1. The fourth-order valence-electron chi connectivity index (χ4n) is 2.22. The summed E-state index contributed by atoms with van der Waals surface area (Å²) < 4.78 is 0. The topological polar surface area (TPSA) is 100 Å². The Morgan fingerprint density at radius 3 is 2.58 bits per heavy atom. The Kier molecular flexibility index (Phi) is 4.21. The Labute approximate surface area is 142 Å². The van der Waals surface area contributed by atoms with Crippen molar-refractivity contribution < 1.29 is 10.0 Å². The van der Waals surface area contributed by atoms with Gasteiger partial charge >= 0.3 is 0 Å². The third kappa shape index (κ3) is 3.23. The minimum atomic E-state index is -0.462. The normalized spacial score (nSPS) is 10.3. The van der Waals surface area contributed by atoms with Crippen LogP contribution in [-0.2, 0) is 0 Å². The van der Waals surface area contributed by atoms with Crippen molar-refractivity contribution in [2.75, 3.05) is 10.6 Å². The number of thiocarbonyl (C=S) groups is 1. The maximum atomic E-state index is 10.6. The highest BCUT2D eigenvalue weighted by Gasteiger charge is 2.08. The number of nitrogens with one attached hydrogen (secondary N) is 2. The maximum absolute atomic E-state index is 10.6. The number of fused-ring (bicyclic) bond motifs is 1. The van der Waals surface area contributed by atoms with Gasteiger partial charge in [-0.15, -0.1) is 0 Å². The fourth-order valence-corrected chi connectivity index (χ4v) is 2.45. The Bertz CT molecular complexity index is 928. The number of phenolic OH excluding ortho intramolecular Hbond substituents is 1. The summed E-state index contributed by atoms with van der Waals surface area (Å²) in [7, 11) is 0. The van der Waals surface area contributed by atoms with Crippen molar-refractivity contribution in [2.45, 2.75) is 0 Å². The molecule has 0 spiro atoms. The first-order chi connectivity index (χ1) is 11.5. The van der Waals surface area contributed by atoms with E-state index in [0.717, 1.165) is 5.39 Å². The SMILES string of the molecule is O=[N+]([O-])c1ccc(NC(=S)Nc2ccc(O)c3ncccc23)cc1. The van der Waals surface area contributed by atoms with Gasteiger partial charge in [-0.1, -0.05) is 0 Å². The molecule has 3 aromatic rings. The molecule has 0 amide bonds. The van der Waals surface area contributed by atoms with Gasteiger partial charge in [-0.05, 0) is 48.6 Å². The van der Waals surface area contributed by atoms with Crippen LogP contribution < -0.4 is 10.6 Å². The van der Waals surface area contributed by atoms with Crippen molar-refractivity contribution in [3.8, 4) is 5.75 Å². The fraction of sp³-hybridized carbons (Fsp3) is 0. The van der Waals surface area contributed by atoms with Gasteiger partial charge in [0.2, 0.25) is 0 Å². The van der Waals surface area contributed by atoms with Crippen LogP contribution in [0.2, 0.25) is 0 Å². The second kappa shape index (κ2) is 6.47. The molecule has 0 aliphatic rings. The number of benzene rings is 2. The van der Waals surface area contributed by atoms with Crippen LogP contribution in [0.25, 0.3) is 10.9 Å². The van der Waals surface area contributed by atoms with E-state index in [1.54, 1.807) is 30.5 Å². The number of nitro groups is 1. The lowest BCUT2D eigenvalue weighted by molar-refractivity contribution is -0.384. The van der Waals surface area contributed by atoms with Gasteiger partial charge in [0.05, 0.1) is 4.92 Å². The second-order valence-corrected chi connectivity index (χ2v) is 5.32. The van der Waals surface area contributed by atoms with E-state index in [1.807, 2.05) is 6.07 Å². The molecule has 0 unspecified atom stereocenters. The Morgan fingerprint density at radius 1 is 1.12 bits per heavy atom. The lowest BCUT2D eigenvalue weighted by Crippen LogP contribution is -2.19. The molecule has 1 heterocycles. The molecule has 0 aliphatic heterocycles. The number of hydrogen-bond acceptors (Lipinski definition) is 5. The van der Waals surface area contributed by atoms with E-state index in [0.29, 0.717) is 22.0 Å². The number of nitrogens with zero attached hydrogens (tertiary/aromatic N) is 2. The van der Waals surface area contributed by atoms with Gasteiger partial charge in [0.1, 0.15) is 11.3 Å². The van der Waals surface area contributed by atoms with Gasteiger partial charge in [0, 0.05) is 35.1 Å². The maximum Gasteiger partial charge on any atom is 0.269 e. The molecule has 0 aliphatic carbocycles. The third-order valence-corrected chi connectivity index (χ3v) is 3.54. The highest BCUT2D eigenvalue weighted by Crippen LogP contribution is 2.29. The molecule has 0 saturated carbocycles. The zero-order chi connectivity index (χ0) is 17.1. The molecule has 0 atom stereocenters. The smallest absolute Gasteiger partial charge is 0.269 e. The molecule has 3 N–H and O–H groups in total. The van der Waals surface area contributed by atoms with Crippen molar-refractivity contribution in [3.63, 3.8) is 0 Å². The second-order valence-electron chi connectivity index (χ2n) is 4.91. The molecular weight excluding hydrogens is 328 g/mol. The third-order valence-electron chi connectivity index (χ3n) is 3.33. The highest BCUT2D eigenvalue weighted by molar-refractivity contribution is 7.80. The standard InChI is InChI=1S/C16H12N4O3S/c21-14-8-7-13(12-2-1-9-17-15(12)14)19-16(24)18-10-3-5-11(6-4-10)20(22)23/h1-9,21H,(H2,18,19,24). The summed E-state index contributed by atoms with van der Waals surface area (Å²) in [4.78, 5) is 14.3. The number of rotatable bonds is 3. The number of non-ortho nitro benzene ring substituents is 1. The van der Waals surface area contributed by atoms with E-state index >= 15 is 0 Å². The molecule has 120 valence electrons. The first kappa shape index (κ1) is 15.6. The lowest BCUT2D eigenvalue weighted by Gasteiger charge is -2.12. The summed E-state index contributed by atoms with van der Waals surface area (Å²) in [5, 5.41) is 27.5. The average molecular weight is 340 g/mol. The van der Waals surface area contributed by atoms with Gasteiger partial charge in [0.15, 0.2) is 5.11 Å². The van der Waals surface area contributed by atoms with Gasteiger partial charge in [0.25, 0.3) is 5.69 Å². The van der Waals surface area contributed by atoms with E-state index < -0.39 is 4.92 Å². The van der Waals surface area contributed by atoms with Gasteiger partial charge < -0.3 is 15.7 Å². The van der Waals surface area contributed by atoms with Gasteiger partial charge in [-0.3, -0.25) is 15.1 Å². The van der Waals surface area contributed by atoms with E-state index in [9.17, 15) is 15.2 Å². The number of aromatic hydroxyl groups is 1. The Balaban J connectivity index is 1.78. The van der Waals surface area contributed by atoms with Gasteiger partial charge in [-0.2, -0.15) is 0 Å². The molecule has 0 fully saturated rings. The van der Waals surface area contributed by atoms with Crippen LogP contribution in [0.3, 0.4) is 0 Å².